The molecule has 4 N–H and O–H groups in total. The number of aliphatic hydroxyl groups excluding tert-OH is 1. The molecule has 0 saturated carbocycles. The molecule has 1 aromatic carbocycles. The number of carbonyl (C=O) groups excluding carboxylic acids is 2. The van der Waals surface area contributed by atoms with Gasteiger partial charge < -0.3 is 20.5 Å². The van der Waals surface area contributed by atoms with Crippen molar-refractivity contribution in [2.75, 3.05) is 18.4 Å². The molecule has 3 rings (SSSR count). The quantitative estimate of drug-likeness (QED) is 0.337. The number of rotatable bonds is 7. The van der Waals surface area contributed by atoms with E-state index in [1.807, 2.05) is 0 Å². The van der Waals surface area contributed by atoms with Crippen LogP contribution in [0.5, 0.6) is 0 Å². The number of anilines is 1. The van der Waals surface area contributed by atoms with Crippen molar-refractivity contribution in [1.29, 1.82) is 0 Å². The largest absolute Gasteiger partial charge is 0.390 e. The van der Waals surface area contributed by atoms with Gasteiger partial charge in [0.25, 0.3) is 11.5 Å². The van der Waals surface area contributed by atoms with Gasteiger partial charge in [-0.2, -0.15) is 5.01 Å². The van der Waals surface area contributed by atoms with Crippen LogP contribution in [0, 0.1) is 11.8 Å². The highest BCUT2D eigenvalue weighted by Crippen LogP contribution is 2.27. The van der Waals surface area contributed by atoms with E-state index >= 15 is 0 Å². The molecule has 170 valence electrons. The number of hydrogen-bond acceptors (Lipinski definition) is 8. The molecule has 13 nitrogen and oxygen atoms in total. The maximum Gasteiger partial charge on any atom is 0.344 e. The fourth-order valence-corrected chi connectivity index (χ4v) is 3.14. The summed E-state index contributed by atoms with van der Waals surface area (Å²) >= 11 is 0. The third-order valence-electron chi connectivity index (χ3n) is 4.79. The van der Waals surface area contributed by atoms with Crippen LogP contribution in [-0.2, 0) is 9.53 Å². The highest BCUT2D eigenvalue weighted by molar-refractivity contribution is 5.89. The summed E-state index contributed by atoms with van der Waals surface area (Å²) in [5.41, 5.74) is -0.526. The van der Waals surface area contributed by atoms with E-state index in [1.54, 1.807) is 30.3 Å². The van der Waals surface area contributed by atoms with Crippen molar-refractivity contribution in [3.05, 3.63) is 67.8 Å². The molecule has 3 unspecified atom stereocenters. The summed E-state index contributed by atoms with van der Waals surface area (Å²) in [7, 11) is 0. The number of nitrogens with zero attached hydrogens (tertiary/aromatic N) is 3. The minimum Gasteiger partial charge on any atom is -0.390 e. The molecule has 1 fully saturated rings. The monoisotopic (exact) mass is 446 g/mol. The second kappa shape index (κ2) is 9.98. The standard InChI is InChI=1S/C19H22N6O7/c1-11-10-24(18(29)22-16(11)27)14-9-13(26)15(32-14)17(28)20-7-8-25(23-31)19(30)21-12-5-3-2-4-6-12/h2-6,10,13-15,26H,7-9H2,1H3,(H,20,28)(H,21,30)(H,22,27,29). The Morgan fingerprint density at radius 1 is 1.31 bits per heavy atom. The number of H-pyrrole nitrogens is 1. The van der Waals surface area contributed by atoms with Crippen LogP contribution in [0.2, 0.25) is 0 Å². The van der Waals surface area contributed by atoms with E-state index in [1.165, 1.54) is 13.1 Å². The number of hydrogen-bond donors (Lipinski definition) is 4. The van der Waals surface area contributed by atoms with Crippen LogP contribution in [0.25, 0.3) is 0 Å². The van der Waals surface area contributed by atoms with Gasteiger partial charge in [-0.3, -0.25) is 19.1 Å². The van der Waals surface area contributed by atoms with Crippen molar-refractivity contribution in [2.24, 2.45) is 5.29 Å². The predicted molar refractivity (Wildman–Crippen MR) is 112 cm³/mol. The minimum absolute atomic E-state index is 0.0506. The Morgan fingerprint density at radius 3 is 2.72 bits per heavy atom. The summed E-state index contributed by atoms with van der Waals surface area (Å²) in [5, 5.41) is 18.4. The van der Waals surface area contributed by atoms with Crippen molar-refractivity contribution in [3.8, 4) is 0 Å². The van der Waals surface area contributed by atoms with Crippen LogP contribution in [0.15, 0.2) is 51.4 Å². The average molecular weight is 446 g/mol. The van der Waals surface area contributed by atoms with Gasteiger partial charge in [-0.05, 0) is 19.1 Å². The Hall–Kier alpha value is -3.84. The smallest absolute Gasteiger partial charge is 0.344 e. The van der Waals surface area contributed by atoms with Crippen molar-refractivity contribution >= 4 is 17.6 Å². The number of aliphatic hydroxyl groups is 1. The Kier molecular flexibility index (Phi) is 7.12. The summed E-state index contributed by atoms with van der Waals surface area (Å²) in [5.74, 6) is -0.691. The molecule has 3 amide bonds. The van der Waals surface area contributed by atoms with E-state index in [4.69, 9.17) is 4.74 Å². The van der Waals surface area contributed by atoms with E-state index < -0.39 is 41.6 Å². The first-order valence-electron chi connectivity index (χ1n) is 9.70. The lowest BCUT2D eigenvalue weighted by Crippen LogP contribution is -2.44. The number of aryl methyl sites for hydroxylation is 1. The first-order chi connectivity index (χ1) is 15.3. The second-order valence-corrected chi connectivity index (χ2v) is 7.09. The molecule has 2 heterocycles. The number of urea groups is 1. The number of amides is 3. The second-order valence-electron chi connectivity index (χ2n) is 7.09. The number of nitrogens with one attached hydrogen (secondary N) is 3. The molecule has 1 aromatic heterocycles. The SMILES string of the molecule is Cc1cn(C2CC(O)C(C(=O)NCCN(N=O)C(=O)Nc3ccccc3)O2)c(=O)[nH]c1=O. The van der Waals surface area contributed by atoms with E-state index in [2.05, 4.69) is 20.9 Å². The maximum atomic E-state index is 12.4. The van der Waals surface area contributed by atoms with Gasteiger partial charge in [0.2, 0.25) is 0 Å². The molecule has 2 aromatic rings. The topological polar surface area (TPSA) is 175 Å². The number of benzene rings is 1. The van der Waals surface area contributed by atoms with Crippen LogP contribution in [-0.4, -0.2) is 56.9 Å². The predicted octanol–water partition coefficient (Wildman–Crippen LogP) is -0.175. The summed E-state index contributed by atoms with van der Waals surface area (Å²) < 4.78 is 6.60. The van der Waals surface area contributed by atoms with Crippen molar-refractivity contribution in [2.45, 2.75) is 31.8 Å². The van der Waals surface area contributed by atoms with Crippen LogP contribution >= 0.6 is 0 Å². The first kappa shape index (κ1) is 22.8. The summed E-state index contributed by atoms with van der Waals surface area (Å²) in [4.78, 5) is 61.1. The fourth-order valence-electron chi connectivity index (χ4n) is 3.14. The van der Waals surface area contributed by atoms with Crippen LogP contribution in [0.4, 0.5) is 10.5 Å². The molecule has 13 heteroatoms. The number of nitroso groups, excluding NO2 is 1. The zero-order valence-corrected chi connectivity index (χ0v) is 17.1. The van der Waals surface area contributed by atoms with Crippen LogP contribution in [0.1, 0.15) is 18.2 Å². The molecular formula is C19H22N6O7. The lowest BCUT2D eigenvalue weighted by atomic mass is 10.1. The Balaban J connectivity index is 1.54. The normalized spacial score (nSPS) is 19.9. The first-order valence-corrected chi connectivity index (χ1v) is 9.70. The minimum atomic E-state index is -1.28. The number of carbonyl (C=O) groups is 2. The molecule has 0 aliphatic carbocycles. The van der Waals surface area contributed by atoms with Crippen LogP contribution in [0.3, 0.4) is 0 Å². The van der Waals surface area contributed by atoms with Gasteiger partial charge in [0.1, 0.15) is 6.23 Å². The maximum absolute atomic E-state index is 12.4. The highest BCUT2D eigenvalue weighted by Gasteiger charge is 2.40. The molecule has 1 aliphatic rings. The Morgan fingerprint density at radius 2 is 2.03 bits per heavy atom. The molecule has 0 radical (unpaired) electrons. The fraction of sp³-hybridized carbons (Fsp3) is 0.368. The summed E-state index contributed by atoms with van der Waals surface area (Å²) in [6.07, 6.45) is -2.20. The summed E-state index contributed by atoms with van der Waals surface area (Å²) in [6, 6.07) is 7.67. The average Bonchev–Trinajstić information content (AvgIpc) is 3.15. The van der Waals surface area contributed by atoms with Gasteiger partial charge in [-0.1, -0.05) is 18.2 Å². The number of ether oxygens (including phenoxy) is 1. The molecule has 0 spiro atoms. The lowest BCUT2D eigenvalue weighted by Gasteiger charge is -2.18. The molecule has 3 atom stereocenters. The highest BCUT2D eigenvalue weighted by atomic mass is 16.5. The Labute approximate surface area is 180 Å². The van der Waals surface area contributed by atoms with Crippen molar-refractivity contribution in [1.82, 2.24) is 19.9 Å². The van der Waals surface area contributed by atoms with Gasteiger partial charge >= 0.3 is 11.7 Å². The van der Waals surface area contributed by atoms with Gasteiger partial charge in [-0.15, -0.1) is 4.91 Å². The zero-order valence-electron chi connectivity index (χ0n) is 17.1. The molecule has 32 heavy (non-hydrogen) atoms. The van der Waals surface area contributed by atoms with Gasteiger partial charge in [0.05, 0.1) is 17.9 Å². The summed E-state index contributed by atoms with van der Waals surface area (Å²) in [6.45, 7) is 1.14. The molecular weight excluding hydrogens is 424 g/mol. The third-order valence-corrected chi connectivity index (χ3v) is 4.79. The Bertz CT molecular complexity index is 1100. The number of para-hydroxylation sites is 1. The van der Waals surface area contributed by atoms with Gasteiger partial charge in [-0.25, -0.2) is 9.59 Å². The third kappa shape index (κ3) is 5.25. The molecule has 0 bridgehead atoms. The number of aromatic amines is 1. The van der Waals surface area contributed by atoms with Crippen LogP contribution < -0.4 is 21.9 Å². The van der Waals surface area contributed by atoms with Gasteiger partial charge in [0, 0.05) is 30.4 Å². The van der Waals surface area contributed by atoms with Crippen molar-refractivity contribution in [3.63, 3.8) is 0 Å². The molecule has 1 aliphatic heterocycles. The number of aromatic nitrogens is 2. The van der Waals surface area contributed by atoms with E-state index in [0.717, 1.165) is 4.57 Å². The van der Waals surface area contributed by atoms with Gasteiger partial charge in [0.15, 0.2) is 6.10 Å². The van der Waals surface area contributed by atoms with Crippen molar-refractivity contribution < 1.29 is 19.4 Å². The molecule has 1 saturated heterocycles. The van der Waals surface area contributed by atoms with E-state index in [9.17, 15) is 29.2 Å². The van der Waals surface area contributed by atoms with E-state index in [-0.39, 0.29) is 25.1 Å². The lowest BCUT2D eigenvalue weighted by molar-refractivity contribution is -0.137. The van der Waals surface area contributed by atoms with E-state index in [0.29, 0.717) is 10.7 Å². The zero-order chi connectivity index (χ0) is 23.3.